The summed E-state index contributed by atoms with van der Waals surface area (Å²) in [7, 11) is 1.47. The van der Waals surface area contributed by atoms with Gasteiger partial charge in [-0.3, -0.25) is 9.59 Å². The molecule has 0 saturated heterocycles. The molecule has 9 heteroatoms. The first kappa shape index (κ1) is 25.9. The van der Waals surface area contributed by atoms with E-state index in [0.717, 1.165) is 5.56 Å². The van der Waals surface area contributed by atoms with Crippen LogP contribution in [0, 0.1) is 0 Å². The van der Waals surface area contributed by atoms with Gasteiger partial charge in [-0.05, 0) is 61.7 Å². The van der Waals surface area contributed by atoms with Crippen LogP contribution in [-0.2, 0) is 4.79 Å². The number of nitrogens with zero attached hydrogens (tertiary/aromatic N) is 1. The predicted molar refractivity (Wildman–Crippen MR) is 143 cm³/mol. The Labute approximate surface area is 219 Å². The van der Waals surface area contributed by atoms with Crippen LogP contribution in [-0.4, -0.2) is 30.2 Å². The first-order valence-corrected chi connectivity index (χ1v) is 11.9. The zero-order valence-corrected chi connectivity index (χ0v) is 21.7. The summed E-state index contributed by atoms with van der Waals surface area (Å²) in [6, 6.07) is 19.7. The lowest BCUT2D eigenvalue weighted by Crippen LogP contribution is -2.32. The zero-order valence-electron chi connectivity index (χ0n) is 18.5. The quantitative estimate of drug-likeness (QED) is 0.140. The molecule has 7 nitrogen and oxygen atoms in total. The number of phenolic OH excluding ortho intramolecular Hbond substituents is 1. The Kier molecular flexibility index (Phi) is 9.39. The second-order valence-corrected chi connectivity index (χ2v) is 8.66. The van der Waals surface area contributed by atoms with Gasteiger partial charge in [0.15, 0.2) is 5.75 Å². The molecule has 0 spiro atoms. The number of hydrazone groups is 1. The highest BCUT2D eigenvalue weighted by Crippen LogP contribution is 2.41. The second kappa shape index (κ2) is 12.7. The molecule has 0 heterocycles. The summed E-state index contributed by atoms with van der Waals surface area (Å²) in [5.41, 5.74) is 4.02. The number of aromatic hydroxyl groups is 1. The van der Waals surface area contributed by atoms with Crippen LogP contribution >= 0.6 is 31.9 Å². The Morgan fingerprint density at radius 3 is 2.34 bits per heavy atom. The lowest BCUT2D eigenvalue weighted by atomic mass is 10.2. The van der Waals surface area contributed by atoms with E-state index in [1.54, 1.807) is 48.6 Å². The van der Waals surface area contributed by atoms with E-state index in [-0.39, 0.29) is 11.4 Å². The van der Waals surface area contributed by atoms with Crippen molar-refractivity contribution < 1.29 is 19.4 Å². The van der Waals surface area contributed by atoms with Crippen LogP contribution < -0.4 is 15.5 Å². The normalized spacial score (nSPS) is 11.6. The van der Waals surface area contributed by atoms with Crippen LogP contribution in [0.4, 0.5) is 0 Å². The molecule has 0 atom stereocenters. The minimum absolute atomic E-state index is 0.00972. The smallest absolute Gasteiger partial charge is 0.287 e. The third kappa shape index (κ3) is 7.14. The number of ether oxygens (including phenoxy) is 1. The highest BCUT2D eigenvalue weighted by Gasteiger charge is 2.15. The minimum atomic E-state index is -0.644. The van der Waals surface area contributed by atoms with Gasteiger partial charge in [-0.25, -0.2) is 5.43 Å². The molecule has 178 valence electrons. The van der Waals surface area contributed by atoms with E-state index in [1.165, 1.54) is 19.4 Å². The van der Waals surface area contributed by atoms with Gasteiger partial charge >= 0.3 is 0 Å². The van der Waals surface area contributed by atoms with Crippen LogP contribution in [0.2, 0.25) is 0 Å². The van der Waals surface area contributed by atoms with Crippen molar-refractivity contribution in [3.63, 3.8) is 0 Å². The molecule has 0 aromatic heterocycles. The van der Waals surface area contributed by atoms with Crippen molar-refractivity contribution in [1.29, 1.82) is 0 Å². The number of benzene rings is 3. The molecule has 0 aliphatic carbocycles. The summed E-state index contributed by atoms with van der Waals surface area (Å²) >= 11 is 6.62. The van der Waals surface area contributed by atoms with Crippen molar-refractivity contribution in [3.8, 4) is 11.5 Å². The fourth-order valence-electron chi connectivity index (χ4n) is 2.89. The molecular formula is C26H21Br2N3O4. The largest absolute Gasteiger partial charge is 0.506 e. The highest BCUT2D eigenvalue weighted by molar-refractivity contribution is 9.11. The van der Waals surface area contributed by atoms with Gasteiger partial charge in [0.25, 0.3) is 11.8 Å². The maximum atomic E-state index is 12.8. The summed E-state index contributed by atoms with van der Waals surface area (Å²) < 4.78 is 6.13. The Hall–Kier alpha value is -3.69. The predicted octanol–water partition coefficient (Wildman–Crippen LogP) is 5.40. The number of hydrogen-bond acceptors (Lipinski definition) is 5. The third-order valence-electron chi connectivity index (χ3n) is 4.63. The van der Waals surface area contributed by atoms with Crippen LogP contribution in [0.25, 0.3) is 6.08 Å². The van der Waals surface area contributed by atoms with Crippen LogP contribution in [0.5, 0.6) is 11.5 Å². The molecule has 3 N–H and O–H groups in total. The summed E-state index contributed by atoms with van der Waals surface area (Å²) in [5.74, 6) is -0.774. The molecule has 0 aliphatic heterocycles. The summed E-state index contributed by atoms with van der Waals surface area (Å²) in [4.78, 5) is 25.4. The molecular weight excluding hydrogens is 578 g/mol. The fraction of sp³-hybridized carbons (Fsp3) is 0.0385. The molecule has 0 unspecified atom stereocenters. The number of carbonyl (C=O) groups excluding carboxylic acids is 2. The number of phenols is 1. The Balaban J connectivity index is 1.80. The van der Waals surface area contributed by atoms with Crippen molar-refractivity contribution in [3.05, 3.63) is 110 Å². The van der Waals surface area contributed by atoms with E-state index in [4.69, 9.17) is 4.74 Å². The standard InChI is InChI=1S/C26H21Br2N3O4/c1-35-24-20(27)15-19(23(32)22(24)28)16-29-31-26(34)21(14-8-11-17-9-4-2-5-10-17)30-25(33)18-12-6-3-7-13-18/h2-16,32H,1H3,(H,30,33)(H,31,34)/b11-8?,21-14?,29-16+. The van der Waals surface area contributed by atoms with Crippen LogP contribution in [0.1, 0.15) is 21.5 Å². The van der Waals surface area contributed by atoms with Crippen LogP contribution in [0.15, 0.2) is 98.6 Å². The lowest BCUT2D eigenvalue weighted by molar-refractivity contribution is -0.117. The van der Waals surface area contributed by atoms with Crippen molar-refractivity contribution in [1.82, 2.24) is 10.7 Å². The van der Waals surface area contributed by atoms with Gasteiger partial charge in [-0.15, -0.1) is 0 Å². The lowest BCUT2D eigenvalue weighted by Gasteiger charge is -2.10. The molecule has 3 aromatic carbocycles. The molecule has 0 saturated carbocycles. The summed E-state index contributed by atoms with van der Waals surface area (Å²) in [5, 5.41) is 16.9. The van der Waals surface area contributed by atoms with Gasteiger partial charge < -0.3 is 15.2 Å². The number of allylic oxidation sites excluding steroid dienone is 2. The van der Waals surface area contributed by atoms with Crippen molar-refractivity contribution in [2.24, 2.45) is 5.10 Å². The van der Waals surface area contributed by atoms with Gasteiger partial charge in [-0.2, -0.15) is 5.10 Å². The van der Waals surface area contributed by atoms with Gasteiger partial charge in [0, 0.05) is 11.1 Å². The Morgan fingerprint density at radius 2 is 1.69 bits per heavy atom. The molecule has 0 aliphatic rings. The highest BCUT2D eigenvalue weighted by atomic mass is 79.9. The van der Waals surface area contributed by atoms with Gasteiger partial charge in [0.2, 0.25) is 0 Å². The van der Waals surface area contributed by atoms with Crippen molar-refractivity contribution in [2.45, 2.75) is 0 Å². The van der Waals surface area contributed by atoms with E-state index in [2.05, 4.69) is 47.7 Å². The minimum Gasteiger partial charge on any atom is -0.506 e. The molecule has 0 bridgehead atoms. The van der Waals surface area contributed by atoms with E-state index in [9.17, 15) is 14.7 Å². The van der Waals surface area contributed by atoms with E-state index >= 15 is 0 Å². The monoisotopic (exact) mass is 597 g/mol. The number of nitrogens with one attached hydrogen (secondary N) is 2. The molecule has 0 radical (unpaired) electrons. The zero-order chi connectivity index (χ0) is 25.2. The average molecular weight is 599 g/mol. The molecule has 2 amide bonds. The number of amides is 2. The van der Waals surface area contributed by atoms with Gasteiger partial charge in [0.1, 0.15) is 15.9 Å². The first-order chi connectivity index (χ1) is 16.9. The SMILES string of the molecule is COc1c(Br)cc(/C=N/NC(=O)C(=CC=Cc2ccccc2)NC(=O)c2ccccc2)c(O)c1Br. The number of methoxy groups -OCH3 is 1. The van der Waals surface area contributed by atoms with Gasteiger partial charge in [0.05, 0.1) is 17.8 Å². The topological polar surface area (TPSA) is 100 Å². The average Bonchev–Trinajstić information content (AvgIpc) is 2.87. The molecule has 3 aromatic rings. The first-order valence-electron chi connectivity index (χ1n) is 10.3. The number of halogens is 2. The molecule has 3 rings (SSSR count). The Bertz CT molecular complexity index is 1290. The van der Waals surface area contributed by atoms with E-state index in [0.29, 0.717) is 25.8 Å². The summed E-state index contributed by atoms with van der Waals surface area (Å²) in [6.07, 6.45) is 6.22. The third-order valence-corrected chi connectivity index (χ3v) is 5.96. The maximum Gasteiger partial charge on any atom is 0.287 e. The second-order valence-electron chi connectivity index (χ2n) is 7.01. The maximum absolute atomic E-state index is 12.8. The van der Waals surface area contributed by atoms with Crippen molar-refractivity contribution in [2.75, 3.05) is 7.11 Å². The summed E-state index contributed by atoms with van der Waals surface area (Å²) in [6.45, 7) is 0. The number of hydrogen-bond donors (Lipinski definition) is 3. The molecule has 35 heavy (non-hydrogen) atoms. The molecule has 0 fully saturated rings. The number of rotatable bonds is 8. The van der Waals surface area contributed by atoms with Crippen LogP contribution in [0.3, 0.4) is 0 Å². The van der Waals surface area contributed by atoms with E-state index in [1.807, 2.05) is 30.3 Å². The van der Waals surface area contributed by atoms with Crippen molar-refractivity contribution >= 4 is 56.0 Å². The Morgan fingerprint density at radius 1 is 1.03 bits per heavy atom. The number of carbonyl (C=O) groups is 2. The fourth-order valence-corrected chi connectivity index (χ4v) is 4.37. The van der Waals surface area contributed by atoms with Gasteiger partial charge in [-0.1, -0.05) is 60.7 Å². The van der Waals surface area contributed by atoms with E-state index < -0.39 is 11.8 Å².